The Morgan fingerprint density at radius 3 is 2.50 bits per heavy atom. The van der Waals surface area contributed by atoms with Crippen LogP contribution in [0.5, 0.6) is 0 Å². The predicted molar refractivity (Wildman–Crippen MR) is 114 cm³/mol. The number of nitrogens with zero attached hydrogens (tertiary/aromatic N) is 6. The van der Waals surface area contributed by atoms with Crippen molar-refractivity contribution in [3.63, 3.8) is 0 Å². The van der Waals surface area contributed by atoms with E-state index in [1.807, 2.05) is 53.6 Å². The predicted octanol–water partition coefficient (Wildman–Crippen LogP) is 2.75. The van der Waals surface area contributed by atoms with Crippen molar-refractivity contribution < 1.29 is 4.79 Å². The second-order valence-electron chi connectivity index (χ2n) is 7.42. The Morgan fingerprint density at radius 1 is 0.900 bits per heavy atom. The molecule has 1 amide bonds. The molecule has 5 rings (SSSR count). The van der Waals surface area contributed by atoms with E-state index in [4.69, 9.17) is 0 Å². The van der Waals surface area contributed by atoms with Gasteiger partial charge in [0.05, 0.1) is 11.9 Å². The zero-order valence-electron chi connectivity index (χ0n) is 16.6. The number of amides is 1. The smallest absolute Gasteiger partial charge is 0.259 e. The summed E-state index contributed by atoms with van der Waals surface area (Å²) in [5.41, 5.74) is 4.29. The highest BCUT2D eigenvalue weighted by molar-refractivity contribution is 6.00. The zero-order valence-corrected chi connectivity index (χ0v) is 16.6. The SMILES string of the molecule is O=C(c1cnn2c(-c3ccccc3)ccnc12)N1CCN(Cc2cccnc2)CC1. The molecule has 150 valence electrons. The van der Waals surface area contributed by atoms with Crippen molar-refractivity contribution in [3.05, 3.63) is 84.4 Å². The van der Waals surface area contributed by atoms with Crippen LogP contribution < -0.4 is 0 Å². The standard InChI is InChI=1S/C23H22N6O/c30-23(28-13-11-27(12-14-28)17-18-5-4-9-24-15-18)20-16-26-29-21(8-10-25-22(20)29)19-6-2-1-3-7-19/h1-10,15-16H,11-14,17H2. The van der Waals surface area contributed by atoms with Crippen LogP contribution in [-0.2, 0) is 6.54 Å². The molecule has 1 aliphatic heterocycles. The lowest BCUT2D eigenvalue weighted by Crippen LogP contribution is -2.48. The molecule has 4 aromatic rings. The quantitative estimate of drug-likeness (QED) is 0.529. The van der Waals surface area contributed by atoms with Crippen LogP contribution in [0.3, 0.4) is 0 Å². The van der Waals surface area contributed by atoms with Gasteiger partial charge in [-0.05, 0) is 17.7 Å². The first-order chi connectivity index (χ1) is 14.8. The fraction of sp³-hybridized carbons (Fsp3) is 0.217. The van der Waals surface area contributed by atoms with Crippen LogP contribution >= 0.6 is 0 Å². The molecule has 1 saturated heterocycles. The van der Waals surface area contributed by atoms with Crippen LogP contribution in [0, 0.1) is 0 Å². The van der Waals surface area contributed by atoms with Gasteiger partial charge in [-0.25, -0.2) is 9.50 Å². The minimum atomic E-state index is -0.0104. The van der Waals surface area contributed by atoms with Gasteiger partial charge in [0.15, 0.2) is 5.65 Å². The average Bonchev–Trinajstić information content (AvgIpc) is 3.25. The van der Waals surface area contributed by atoms with Crippen molar-refractivity contribution in [1.29, 1.82) is 0 Å². The van der Waals surface area contributed by atoms with Gasteiger partial charge in [0.1, 0.15) is 5.56 Å². The molecular formula is C23H22N6O. The van der Waals surface area contributed by atoms with Gasteiger partial charge in [0, 0.05) is 56.9 Å². The lowest BCUT2D eigenvalue weighted by atomic mass is 10.1. The minimum absolute atomic E-state index is 0.0104. The van der Waals surface area contributed by atoms with Gasteiger partial charge in [-0.2, -0.15) is 5.10 Å². The maximum Gasteiger partial charge on any atom is 0.259 e. The van der Waals surface area contributed by atoms with Gasteiger partial charge in [0.25, 0.3) is 5.91 Å². The highest BCUT2D eigenvalue weighted by Gasteiger charge is 2.25. The summed E-state index contributed by atoms with van der Waals surface area (Å²) in [6.45, 7) is 3.91. The number of aromatic nitrogens is 4. The molecule has 30 heavy (non-hydrogen) atoms. The molecule has 1 aliphatic rings. The topological polar surface area (TPSA) is 66.6 Å². The average molecular weight is 398 g/mol. The van der Waals surface area contributed by atoms with E-state index >= 15 is 0 Å². The lowest BCUT2D eigenvalue weighted by Gasteiger charge is -2.34. The molecule has 0 aliphatic carbocycles. The van der Waals surface area contributed by atoms with E-state index in [0.29, 0.717) is 24.3 Å². The fourth-order valence-corrected chi connectivity index (χ4v) is 3.90. The Labute approximate surface area is 174 Å². The molecule has 4 heterocycles. The van der Waals surface area contributed by atoms with E-state index in [2.05, 4.69) is 26.0 Å². The molecule has 0 saturated carbocycles. The molecule has 3 aromatic heterocycles. The Morgan fingerprint density at radius 2 is 1.73 bits per heavy atom. The second-order valence-corrected chi connectivity index (χ2v) is 7.42. The van der Waals surface area contributed by atoms with Crippen LogP contribution in [0.25, 0.3) is 16.9 Å². The van der Waals surface area contributed by atoms with E-state index in [-0.39, 0.29) is 5.91 Å². The summed E-state index contributed by atoms with van der Waals surface area (Å²) < 4.78 is 1.75. The van der Waals surface area contributed by atoms with E-state index in [1.54, 1.807) is 23.1 Å². The zero-order chi connectivity index (χ0) is 20.3. The molecule has 0 bridgehead atoms. The molecule has 1 aromatic carbocycles. The summed E-state index contributed by atoms with van der Waals surface area (Å²) >= 11 is 0. The van der Waals surface area contributed by atoms with Crippen molar-refractivity contribution in [1.82, 2.24) is 29.4 Å². The molecule has 0 atom stereocenters. The number of carbonyl (C=O) groups is 1. The van der Waals surface area contributed by atoms with Crippen molar-refractivity contribution in [3.8, 4) is 11.3 Å². The molecule has 0 radical (unpaired) electrons. The van der Waals surface area contributed by atoms with E-state index in [9.17, 15) is 4.79 Å². The first kappa shape index (κ1) is 18.4. The van der Waals surface area contributed by atoms with E-state index in [1.165, 1.54) is 5.56 Å². The first-order valence-corrected chi connectivity index (χ1v) is 10.1. The van der Waals surface area contributed by atoms with Crippen LogP contribution in [0.1, 0.15) is 15.9 Å². The van der Waals surface area contributed by atoms with Crippen LogP contribution in [0.4, 0.5) is 0 Å². The van der Waals surface area contributed by atoms with Crippen molar-refractivity contribution in [2.45, 2.75) is 6.54 Å². The molecule has 7 nitrogen and oxygen atoms in total. The molecule has 0 spiro atoms. The molecular weight excluding hydrogens is 376 g/mol. The number of pyridine rings is 1. The Hall–Kier alpha value is -3.58. The number of hydrogen-bond acceptors (Lipinski definition) is 5. The fourth-order valence-electron chi connectivity index (χ4n) is 3.90. The van der Waals surface area contributed by atoms with Gasteiger partial charge in [-0.15, -0.1) is 0 Å². The molecule has 0 N–H and O–H groups in total. The highest BCUT2D eigenvalue weighted by atomic mass is 16.2. The monoisotopic (exact) mass is 398 g/mol. The first-order valence-electron chi connectivity index (χ1n) is 10.1. The van der Waals surface area contributed by atoms with Gasteiger partial charge < -0.3 is 4.90 Å². The molecule has 7 heteroatoms. The third-order valence-corrected chi connectivity index (χ3v) is 5.49. The molecule has 1 fully saturated rings. The van der Waals surface area contributed by atoms with E-state index in [0.717, 1.165) is 30.9 Å². The number of benzene rings is 1. The number of carbonyl (C=O) groups excluding carboxylic acids is 1. The normalized spacial score (nSPS) is 14.9. The molecule has 0 unspecified atom stereocenters. The highest BCUT2D eigenvalue weighted by Crippen LogP contribution is 2.21. The van der Waals surface area contributed by atoms with Gasteiger partial charge in [-0.3, -0.25) is 14.7 Å². The Bertz CT molecular complexity index is 1150. The summed E-state index contributed by atoms with van der Waals surface area (Å²) in [5, 5.41) is 4.47. The van der Waals surface area contributed by atoms with Crippen LogP contribution in [0.15, 0.2) is 73.3 Å². The van der Waals surface area contributed by atoms with Crippen molar-refractivity contribution in [2.75, 3.05) is 26.2 Å². The second kappa shape index (κ2) is 8.04. The number of rotatable bonds is 4. The number of piperazine rings is 1. The van der Waals surface area contributed by atoms with Gasteiger partial charge in [-0.1, -0.05) is 36.4 Å². The van der Waals surface area contributed by atoms with E-state index < -0.39 is 0 Å². The Kier molecular flexibility index (Phi) is 4.94. The summed E-state index contributed by atoms with van der Waals surface area (Å²) in [4.78, 5) is 26.1. The summed E-state index contributed by atoms with van der Waals surface area (Å²) in [6.07, 6.45) is 7.06. The third-order valence-electron chi connectivity index (χ3n) is 5.49. The third kappa shape index (κ3) is 3.55. The van der Waals surface area contributed by atoms with Crippen molar-refractivity contribution >= 4 is 11.6 Å². The Balaban J connectivity index is 1.32. The summed E-state index contributed by atoms with van der Waals surface area (Å²) in [7, 11) is 0. The van der Waals surface area contributed by atoms with Gasteiger partial charge >= 0.3 is 0 Å². The minimum Gasteiger partial charge on any atom is -0.336 e. The number of hydrogen-bond donors (Lipinski definition) is 0. The maximum atomic E-state index is 13.2. The summed E-state index contributed by atoms with van der Waals surface area (Å²) in [6, 6.07) is 16.0. The van der Waals surface area contributed by atoms with Crippen LogP contribution in [-0.4, -0.2) is 61.5 Å². The maximum absolute atomic E-state index is 13.2. The number of fused-ring (bicyclic) bond motifs is 1. The lowest BCUT2D eigenvalue weighted by molar-refractivity contribution is 0.0630. The van der Waals surface area contributed by atoms with Crippen molar-refractivity contribution in [2.24, 2.45) is 0 Å². The van der Waals surface area contributed by atoms with Gasteiger partial charge in [0.2, 0.25) is 0 Å². The largest absolute Gasteiger partial charge is 0.336 e. The van der Waals surface area contributed by atoms with Crippen LogP contribution in [0.2, 0.25) is 0 Å². The summed E-state index contributed by atoms with van der Waals surface area (Å²) in [5.74, 6) is -0.0104.